The summed E-state index contributed by atoms with van der Waals surface area (Å²) in [6.07, 6.45) is 2.67. The summed E-state index contributed by atoms with van der Waals surface area (Å²) in [5, 5.41) is 6.35. The molecule has 0 atom stereocenters. The number of nitrogens with one attached hydrogen (secondary N) is 2. The van der Waals surface area contributed by atoms with Crippen molar-refractivity contribution in [3.63, 3.8) is 0 Å². The van der Waals surface area contributed by atoms with Crippen molar-refractivity contribution in [1.29, 1.82) is 0 Å². The molecule has 2 N–H and O–H groups in total. The Hall–Kier alpha value is -2.86. The SMILES string of the molecule is Cc1nc2c(C)cccn2c1C(=O)NCCCC(=O)Nc1cccc(Cl)c1C. The van der Waals surface area contributed by atoms with Gasteiger partial charge in [-0.25, -0.2) is 4.98 Å². The van der Waals surface area contributed by atoms with Crippen molar-refractivity contribution in [3.05, 3.63) is 64.1 Å². The van der Waals surface area contributed by atoms with Crippen molar-refractivity contribution in [2.45, 2.75) is 33.6 Å². The van der Waals surface area contributed by atoms with Gasteiger partial charge in [0.2, 0.25) is 5.91 Å². The van der Waals surface area contributed by atoms with Gasteiger partial charge in [0, 0.05) is 29.9 Å². The fraction of sp³-hybridized carbons (Fsp3) is 0.286. The Morgan fingerprint density at radius 3 is 2.71 bits per heavy atom. The lowest BCUT2D eigenvalue weighted by atomic mass is 10.2. The summed E-state index contributed by atoms with van der Waals surface area (Å²) in [4.78, 5) is 29.2. The lowest BCUT2D eigenvalue weighted by molar-refractivity contribution is -0.116. The fourth-order valence-electron chi connectivity index (χ4n) is 3.08. The number of pyridine rings is 1. The Morgan fingerprint density at radius 1 is 1.14 bits per heavy atom. The molecule has 3 rings (SSSR count). The number of carbonyl (C=O) groups is 2. The largest absolute Gasteiger partial charge is 0.351 e. The number of anilines is 1. The van der Waals surface area contributed by atoms with Crippen molar-refractivity contribution < 1.29 is 9.59 Å². The predicted molar refractivity (Wildman–Crippen MR) is 111 cm³/mol. The van der Waals surface area contributed by atoms with Crippen LogP contribution in [0.25, 0.3) is 5.65 Å². The molecule has 0 spiro atoms. The summed E-state index contributed by atoms with van der Waals surface area (Å²) in [5.74, 6) is -0.303. The third-order valence-electron chi connectivity index (χ3n) is 4.64. The minimum absolute atomic E-state index is 0.110. The quantitative estimate of drug-likeness (QED) is 0.615. The molecule has 0 aliphatic heterocycles. The van der Waals surface area contributed by atoms with Gasteiger partial charge < -0.3 is 10.6 Å². The summed E-state index contributed by atoms with van der Waals surface area (Å²) in [6, 6.07) is 9.25. The van der Waals surface area contributed by atoms with Gasteiger partial charge in [-0.1, -0.05) is 23.7 Å². The van der Waals surface area contributed by atoms with E-state index in [2.05, 4.69) is 15.6 Å². The molecule has 0 saturated heterocycles. The summed E-state index contributed by atoms with van der Waals surface area (Å²) in [6.45, 7) is 6.04. The van der Waals surface area contributed by atoms with Crippen LogP contribution in [0.5, 0.6) is 0 Å². The molecular formula is C21H23ClN4O2. The summed E-state index contributed by atoms with van der Waals surface area (Å²) in [5.41, 5.74) is 4.54. The monoisotopic (exact) mass is 398 g/mol. The molecule has 28 heavy (non-hydrogen) atoms. The molecule has 0 radical (unpaired) electrons. The molecule has 146 valence electrons. The molecule has 0 unspecified atom stereocenters. The minimum Gasteiger partial charge on any atom is -0.351 e. The van der Waals surface area contributed by atoms with E-state index in [4.69, 9.17) is 11.6 Å². The summed E-state index contributed by atoms with van der Waals surface area (Å²) < 4.78 is 1.80. The summed E-state index contributed by atoms with van der Waals surface area (Å²) >= 11 is 6.07. The number of hydrogen-bond donors (Lipinski definition) is 2. The van der Waals surface area contributed by atoms with E-state index in [0.717, 1.165) is 16.8 Å². The maximum atomic E-state index is 12.6. The van der Waals surface area contributed by atoms with Gasteiger partial charge in [0.05, 0.1) is 5.69 Å². The lowest BCUT2D eigenvalue weighted by Crippen LogP contribution is -2.27. The lowest BCUT2D eigenvalue weighted by Gasteiger charge is -2.10. The molecule has 3 aromatic rings. The zero-order valence-corrected chi connectivity index (χ0v) is 16.9. The third-order valence-corrected chi connectivity index (χ3v) is 5.05. The highest BCUT2D eigenvalue weighted by molar-refractivity contribution is 6.31. The Labute approximate surface area is 168 Å². The zero-order chi connectivity index (χ0) is 20.3. The topological polar surface area (TPSA) is 75.5 Å². The van der Waals surface area contributed by atoms with E-state index >= 15 is 0 Å². The molecule has 1 aromatic carbocycles. The van der Waals surface area contributed by atoms with Crippen LogP contribution in [-0.2, 0) is 4.79 Å². The van der Waals surface area contributed by atoms with Crippen molar-refractivity contribution in [2.75, 3.05) is 11.9 Å². The van der Waals surface area contributed by atoms with Crippen LogP contribution >= 0.6 is 11.6 Å². The number of aryl methyl sites for hydroxylation is 2. The van der Waals surface area contributed by atoms with Crippen LogP contribution in [0, 0.1) is 20.8 Å². The van der Waals surface area contributed by atoms with E-state index in [1.165, 1.54) is 0 Å². The van der Waals surface area contributed by atoms with Crippen LogP contribution in [0.3, 0.4) is 0 Å². The molecule has 0 bridgehead atoms. The van der Waals surface area contributed by atoms with Gasteiger partial charge in [-0.3, -0.25) is 14.0 Å². The first-order chi connectivity index (χ1) is 13.4. The number of amides is 2. The highest BCUT2D eigenvalue weighted by Crippen LogP contribution is 2.23. The van der Waals surface area contributed by atoms with Crippen molar-refractivity contribution in [3.8, 4) is 0 Å². The number of imidazole rings is 1. The maximum absolute atomic E-state index is 12.6. The van der Waals surface area contributed by atoms with Gasteiger partial charge in [0.1, 0.15) is 11.3 Å². The molecule has 0 aliphatic carbocycles. The Balaban J connectivity index is 1.54. The number of benzene rings is 1. The molecule has 2 heterocycles. The second-order valence-electron chi connectivity index (χ2n) is 6.75. The van der Waals surface area contributed by atoms with Gasteiger partial charge in [-0.2, -0.15) is 0 Å². The fourth-order valence-corrected chi connectivity index (χ4v) is 3.26. The smallest absolute Gasteiger partial charge is 0.270 e. The normalized spacial score (nSPS) is 10.9. The van der Waals surface area contributed by atoms with Crippen molar-refractivity contribution in [1.82, 2.24) is 14.7 Å². The number of nitrogens with zero attached hydrogens (tertiary/aromatic N) is 2. The average Bonchev–Trinajstić information content (AvgIpc) is 3.00. The standard InChI is InChI=1S/C21H23ClN4O2/c1-13-7-6-12-26-19(15(3)24-20(13)26)21(28)23-11-5-10-18(27)25-17-9-4-8-16(22)14(17)2/h4,6-9,12H,5,10-11H2,1-3H3,(H,23,28)(H,25,27). The minimum atomic E-state index is -0.193. The highest BCUT2D eigenvalue weighted by atomic mass is 35.5. The Bertz CT molecular complexity index is 1040. The van der Waals surface area contributed by atoms with E-state index in [9.17, 15) is 9.59 Å². The van der Waals surface area contributed by atoms with Crippen LogP contribution in [-0.4, -0.2) is 27.7 Å². The van der Waals surface area contributed by atoms with Crippen LogP contribution in [0.1, 0.15) is 40.2 Å². The number of carbonyl (C=O) groups excluding carboxylic acids is 2. The first kappa shape index (κ1) is 19.9. The highest BCUT2D eigenvalue weighted by Gasteiger charge is 2.17. The van der Waals surface area contributed by atoms with Crippen molar-refractivity contribution >= 4 is 34.7 Å². The second kappa shape index (κ2) is 8.44. The Kier molecular flexibility index (Phi) is 5.99. The number of halogens is 1. The first-order valence-corrected chi connectivity index (χ1v) is 9.53. The van der Waals surface area contributed by atoms with E-state index in [0.29, 0.717) is 41.5 Å². The molecule has 7 heteroatoms. The molecular weight excluding hydrogens is 376 g/mol. The molecule has 0 fully saturated rings. The van der Waals surface area contributed by atoms with Crippen LogP contribution < -0.4 is 10.6 Å². The van der Waals surface area contributed by atoms with E-state index in [1.54, 1.807) is 16.5 Å². The first-order valence-electron chi connectivity index (χ1n) is 9.16. The van der Waals surface area contributed by atoms with Gasteiger partial charge >= 0.3 is 0 Å². The van der Waals surface area contributed by atoms with E-state index < -0.39 is 0 Å². The second-order valence-corrected chi connectivity index (χ2v) is 7.16. The van der Waals surface area contributed by atoms with Crippen molar-refractivity contribution in [2.24, 2.45) is 0 Å². The van der Waals surface area contributed by atoms with Crippen LogP contribution in [0.4, 0.5) is 5.69 Å². The number of rotatable bonds is 6. The third kappa shape index (κ3) is 4.17. The molecule has 2 aromatic heterocycles. The number of fused-ring (bicyclic) bond motifs is 1. The van der Waals surface area contributed by atoms with Crippen LogP contribution in [0.15, 0.2) is 36.5 Å². The van der Waals surface area contributed by atoms with E-state index in [1.807, 2.05) is 45.2 Å². The summed E-state index contributed by atoms with van der Waals surface area (Å²) in [7, 11) is 0. The van der Waals surface area contributed by atoms with E-state index in [-0.39, 0.29) is 11.8 Å². The Morgan fingerprint density at radius 2 is 1.93 bits per heavy atom. The van der Waals surface area contributed by atoms with Gasteiger partial charge in [-0.05, 0) is 56.5 Å². The zero-order valence-electron chi connectivity index (χ0n) is 16.2. The van der Waals surface area contributed by atoms with Gasteiger partial charge in [-0.15, -0.1) is 0 Å². The van der Waals surface area contributed by atoms with Gasteiger partial charge in [0.15, 0.2) is 0 Å². The average molecular weight is 399 g/mol. The number of hydrogen-bond acceptors (Lipinski definition) is 3. The predicted octanol–water partition coefficient (Wildman–Crippen LogP) is 4.06. The van der Waals surface area contributed by atoms with Crippen LogP contribution in [0.2, 0.25) is 5.02 Å². The number of aromatic nitrogens is 2. The molecule has 0 aliphatic rings. The van der Waals surface area contributed by atoms with Gasteiger partial charge in [0.25, 0.3) is 5.91 Å². The molecule has 2 amide bonds. The molecule has 6 nitrogen and oxygen atoms in total. The maximum Gasteiger partial charge on any atom is 0.270 e. The molecule has 0 saturated carbocycles.